The van der Waals surface area contributed by atoms with E-state index in [2.05, 4.69) is 0 Å². The second-order valence-electron chi connectivity index (χ2n) is 9.67. The molecule has 0 radical (unpaired) electrons. The summed E-state index contributed by atoms with van der Waals surface area (Å²) in [7, 11) is 0. The highest BCUT2D eigenvalue weighted by molar-refractivity contribution is 5.21. The third kappa shape index (κ3) is 4.70. The summed E-state index contributed by atoms with van der Waals surface area (Å²) in [6.45, 7) is 0. The molecule has 3 fully saturated rings. The number of hydrogen-bond acceptors (Lipinski definition) is 0. The molecule has 3 aliphatic carbocycles. The van der Waals surface area contributed by atoms with E-state index in [4.69, 9.17) is 0 Å². The molecular formula is C25H37F. The molecule has 0 N–H and O–H groups in total. The van der Waals surface area contributed by atoms with Gasteiger partial charge in [-0.05, 0) is 85.8 Å². The maximum Gasteiger partial charge on any atom is 0.123 e. The predicted octanol–water partition coefficient (Wildman–Crippen LogP) is 7.88. The van der Waals surface area contributed by atoms with Crippen molar-refractivity contribution in [3.8, 4) is 0 Å². The van der Waals surface area contributed by atoms with Crippen LogP contribution in [0.2, 0.25) is 0 Å². The Kier molecular flexibility index (Phi) is 6.33. The normalized spacial score (nSPS) is 33.4. The van der Waals surface area contributed by atoms with E-state index in [-0.39, 0.29) is 5.82 Å². The molecule has 1 aromatic carbocycles. The number of rotatable bonds is 5. The molecule has 0 spiro atoms. The molecule has 0 saturated heterocycles. The Balaban J connectivity index is 1.18. The van der Waals surface area contributed by atoms with Crippen molar-refractivity contribution >= 4 is 0 Å². The molecule has 0 amide bonds. The summed E-state index contributed by atoms with van der Waals surface area (Å²) < 4.78 is 13.1. The fraction of sp³-hybridized carbons (Fsp3) is 0.760. The van der Waals surface area contributed by atoms with Crippen LogP contribution in [-0.2, 0) is 0 Å². The van der Waals surface area contributed by atoms with Crippen molar-refractivity contribution in [2.75, 3.05) is 0 Å². The lowest BCUT2D eigenvalue weighted by atomic mass is 9.68. The van der Waals surface area contributed by atoms with Crippen LogP contribution in [0.1, 0.15) is 101 Å². The first-order valence-electron chi connectivity index (χ1n) is 11.5. The summed E-state index contributed by atoms with van der Waals surface area (Å²) >= 11 is 0. The quantitative estimate of drug-likeness (QED) is 0.503. The third-order valence-corrected chi connectivity index (χ3v) is 8.13. The number of benzene rings is 1. The second-order valence-corrected chi connectivity index (χ2v) is 9.67. The molecule has 0 aromatic heterocycles. The molecule has 26 heavy (non-hydrogen) atoms. The topological polar surface area (TPSA) is 0 Å². The second kappa shape index (κ2) is 8.89. The minimum Gasteiger partial charge on any atom is -0.207 e. The molecule has 4 rings (SSSR count). The van der Waals surface area contributed by atoms with Crippen molar-refractivity contribution in [2.45, 2.75) is 95.8 Å². The highest BCUT2D eigenvalue weighted by atomic mass is 19.1. The Labute approximate surface area is 160 Å². The van der Waals surface area contributed by atoms with Crippen molar-refractivity contribution in [2.24, 2.45) is 23.7 Å². The molecular weight excluding hydrogens is 319 g/mol. The molecule has 0 unspecified atom stereocenters. The standard InChI is InChI=1S/C25H37F/c26-25-17-15-24(16-18-25)23-13-11-22(12-14-23)21-9-7-20(8-10-21)6-5-19-3-1-2-4-19/h15-23H,1-14H2. The van der Waals surface area contributed by atoms with E-state index in [1.54, 1.807) is 12.1 Å². The highest BCUT2D eigenvalue weighted by Crippen LogP contribution is 2.45. The van der Waals surface area contributed by atoms with Gasteiger partial charge in [-0.2, -0.15) is 0 Å². The predicted molar refractivity (Wildman–Crippen MR) is 108 cm³/mol. The van der Waals surface area contributed by atoms with E-state index in [1.165, 1.54) is 95.5 Å². The highest BCUT2D eigenvalue weighted by Gasteiger charge is 2.31. The minimum atomic E-state index is -0.105. The molecule has 144 valence electrons. The van der Waals surface area contributed by atoms with Gasteiger partial charge >= 0.3 is 0 Å². The zero-order valence-corrected chi connectivity index (χ0v) is 16.5. The van der Waals surface area contributed by atoms with E-state index in [0.717, 1.165) is 23.7 Å². The Morgan fingerprint density at radius 2 is 1.12 bits per heavy atom. The maximum atomic E-state index is 13.1. The first-order chi connectivity index (χ1) is 12.8. The Bertz CT molecular complexity index is 526. The Morgan fingerprint density at radius 3 is 1.69 bits per heavy atom. The van der Waals surface area contributed by atoms with E-state index >= 15 is 0 Å². The molecule has 3 saturated carbocycles. The van der Waals surface area contributed by atoms with E-state index in [9.17, 15) is 4.39 Å². The molecule has 1 aromatic rings. The summed E-state index contributed by atoms with van der Waals surface area (Å²) in [5.74, 6) is 4.67. The summed E-state index contributed by atoms with van der Waals surface area (Å²) in [6, 6.07) is 7.29. The van der Waals surface area contributed by atoms with Gasteiger partial charge in [0, 0.05) is 0 Å². The van der Waals surface area contributed by atoms with Gasteiger partial charge in [-0.15, -0.1) is 0 Å². The van der Waals surface area contributed by atoms with Gasteiger partial charge in [0.1, 0.15) is 5.82 Å². The molecule has 3 aliphatic rings. The maximum absolute atomic E-state index is 13.1. The minimum absolute atomic E-state index is 0.105. The van der Waals surface area contributed by atoms with Gasteiger partial charge in [-0.1, -0.05) is 63.5 Å². The van der Waals surface area contributed by atoms with Crippen LogP contribution in [0, 0.1) is 29.5 Å². The van der Waals surface area contributed by atoms with Crippen molar-refractivity contribution in [3.05, 3.63) is 35.6 Å². The zero-order valence-electron chi connectivity index (χ0n) is 16.5. The monoisotopic (exact) mass is 356 g/mol. The fourth-order valence-electron chi connectivity index (χ4n) is 6.38. The van der Waals surface area contributed by atoms with Gasteiger partial charge in [0.25, 0.3) is 0 Å². The summed E-state index contributed by atoms with van der Waals surface area (Å²) in [4.78, 5) is 0. The van der Waals surface area contributed by atoms with Crippen molar-refractivity contribution < 1.29 is 4.39 Å². The average molecular weight is 357 g/mol. The Hall–Kier alpha value is -0.850. The van der Waals surface area contributed by atoms with Gasteiger partial charge in [0.05, 0.1) is 0 Å². The smallest absolute Gasteiger partial charge is 0.123 e. The van der Waals surface area contributed by atoms with Crippen LogP contribution in [0.15, 0.2) is 24.3 Å². The van der Waals surface area contributed by atoms with Crippen molar-refractivity contribution in [3.63, 3.8) is 0 Å². The van der Waals surface area contributed by atoms with E-state index in [0.29, 0.717) is 5.92 Å². The molecule has 0 nitrogen and oxygen atoms in total. The van der Waals surface area contributed by atoms with Crippen LogP contribution in [0.5, 0.6) is 0 Å². The van der Waals surface area contributed by atoms with Crippen LogP contribution in [-0.4, -0.2) is 0 Å². The summed E-state index contributed by atoms with van der Waals surface area (Å²) in [6.07, 6.45) is 20.5. The zero-order chi connectivity index (χ0) is 17.8. The lowest BCUT2D eigenvalue weighted by Gasteiger charge is -2.38. The molecule has 0 bridgehead atoms. The van der Waals surface area contributed by atoms with Crippen molar-refractivity contribution in [1.29, 1.82) is 0 Å². The van der Waals surface area contributed by atoms with Gasteiger partial charge in [-0.25, -0.2) is 4.39 Å². The van der Waals surface area contributed by atoms with Crippen LogP contribution >= 0.6 is 0 Å². The van der Waals surface area contributed by atoms with Gasteiger partial charge < -0.3 is 0 Å². The largest absolute Gasteiger partial charge is 0.207 e. The van der Waals surface area contributed by atoms with Gasteiger partial charge in [-0.3, -0.25) is 0 Å². The number of halogens is 1. The summed E-state index contributed by atoms with van der Waals surface area (Å²) in [5.41, 5.74) is 1.36. The van der Waals surface area contributed by atoms with Crippen LogP contribution in [0.4, 0.5) is 4.39 Å². The van der Waals surface area contributed by atoms with Crippen LogP contribution in [0.25, 0.3) is 0 Å². The van der Waals surface area contributed by atoms with E-state index in [1.807, 2.05) is 12.1 Å². The lowest BCUT2D eigenvalue weighted by Crippen LogP contribution is -2.25. The van der Waals surface area contributed by atoms with Gasteiger partial charge in [0.15, 0.2) is 0 Å². The molecule has 0 heterocycles. The summed E-state index contributed by atoms with van der Waals surface area (Å²) in [5, 5.41) is 0. The first-order valence-corrected chi connectivity index (χ1v) is 11.5. The van der Waals surface area contributed by atoms with Gasteiger partial charge in [0.2, 0.25) is 0 Å². The molecule has 0 atom stereocenters. The fourth-order valence-corrected chi connectivity index (χ4v) is 6.38. The third-order valence-electron chi connectivity index (χ3n) is 8.13. The molecule has 0 aliphatic heterocycles. The average Bonchev–Trinajstić information content (AvgIpc) is 3.21. The van der Waals surface area contributed by atoms with Crippen molar-refractivity contribution in [1.82, 2.24) is 0 Å². The first kappa shape index (κ1) is 18.5. The number of hydrogen-bond donors (Lipinski definition) is 0. The molecule has 1 heteroatoms. The lowest BCUT2D eigenvalue weighted by molar-refractivity contribution is 0.153. The SMILES string of the molecule is Fc1ccc(C2CCC(C3CCC(CCC4CCCC4)CC3)CC2)cc1. The Morgan fingerprint density at radius 1 is 0.615 bits per heavy atom. The van der Waals surface area contributed by atoms with Crippen LogP contribution < -0.4 is 0 Å². The van der Waals surface area contributed by atoms with Crippen LogP contribution in [0.3, 0.4) is 0 Å². The van der Waals surface area contributed by atoms with E-state index < -0.39 is 0 Å².